The van der Waals surface area contributed by atoms with Crippen LogP contribution >= 0.6 is 11.6 Å². The van der Waals surface area contributed by atoms with Gasteiger partial charge in [0.25, 0.3) is 0 Å². The molecule has 0 saturated heterocycles. The van der Waals surface area contributed by atoms with Gasteiger partial charge < -0.3 is 21.2 Å². The number of fused-ring (bicyclic) bond motifs is 1. The van der Waals surface area contributed by atoms with Crippen molar-refractivity contribution < 1.29 is 4.74 Å². The van der Waals surface area contributed by atoms with E-state index in [1.807, 2.05) is 30.5 Å². The minimum atomic E-state index is 0.449. The molecule has 0 fully saturated rings. The molecule has 4 rings (SSSR count). The van der Waals surface area contributed by atoms with Crippen molar-refractivity contribution in [1.82, 2.24) is 15.0 Å². The molecule has 4 aromatic rings. The number of H-pyrrole nitrogens is 1. The number of nitrogen functional groups attached to an aromatic ring is 2. The molecule has 0 saturated carbocycles. The van der Waals surface area contributed by atoms with Crippen LogP contribution in [0.5, 0.6) is 11.5 Å². The van der Waals surface area contributed by atoms with Crippen LogP contribution < -0.4 is 16.2 Å². The van der Waals surface area contributed by atoms with Crippen LogP contribution in [-0.2, 0) is 0 Å². The number of rotatable bonds is 2. The van der Waals surface area contributed by atoms with Crippen molar-refractivity contribution in [2.45, 2.75) is 0 Å². The maximum atomic E-state index is 5.70. The Bertz CT molecular complexity index is 969. The molecule has 0 aliphatic heterocycles. The minimum absolute atomic E-state index is 0.449. The first-order valence-electron chi connectivity index (χ1n) is 7.44. The fourth-order valence-corrected chi connectivity index (χ4v) is 2.31. The highest BCUT2D eigenvalue weighted by Crippen LogP contribution is 2.25. The maximum Gasteiger partial charge on any atom is 0.132 e. The molecule has 0 spiro atoms. The Hall–Kier alpha value is -3.25. The van der Waals surface area contributed by atoms with Gasteiger partial charge in [-0.1, -0.05) is 11.6 Å². The Morgan fingerprint density at radius 1 is 0.840 bits per heavy atom. The van der Waals surface area contributed by atoms with Crippen molar-refractivity contribution in [3.05, 3.63) is 72.1 Å². The third kappa shape index (κ3) is 4.62. The summed E-state index contributed by atoms with van der Waals surface area (Å²) in [5.41, 5.74) is 11.9. The fraction of sp³-hybridized carbons (Fsp3) is 0. The van der Waals surface area contributed by atoms with Crippen LogP contribution in [0.4, 0.5) is 11.6 Å². The number of nitrogens with zero attached hydrogens (tertiary/aromatic N) is 2. The summed E-state index contributed by atoms with van der Waals surface area (Å²) in [4.78, 5) is 10.8. The monoisotopic (exact) mass is 353 g/mol. The molecule has 0 atom stereocenters. The molecular weight excluding hydrogens is 338 g/mol. The Morgan fingerprint density at radius 3 is 2.24 bits per heavy atom. The lowest BCUT2D eigenvalue weighted by Crippen LogP contribution is -1.90. The molecule has 3 aromatic heterocycles. The van der Waals surface area contributed by atoms with Crippen LogP contribution in [0.2, 0.25) is 5.02 Å². The highest BCUT2D eigenvalue weighted by molar-refractivity contribution is 6.30. The van der Waals surface area contributed by atoms with Crippen molar-refractivity contribution in [2.24, 2.45) is 0 Å². The number of anilines is 2. The molecule has 0 bridgehead atoms. The van der Waals surface area contributed by atoms with Crippen molar-refractivity contribution in [3.63, 3.8) is 0 Å². The SMILES string of the molecule is Nc1cc(Cl)ccn1.Nc1cc(Oc2ccc3[nH]ccc3c2)ccn1. The molecule has 3 heterocycles. The van der Waals surface area contributed by atoms with Crippen LogP contribution in [0, 0.1) is 0 Å². The van der Waals surface area contributed by atoms with Gasteiger partial charge in [-0.05, 0) is 42.5 Å². The number of aromatic amines is 1. The Balaban J connectivity index is 0.000000192. The summed E-state index contributed by atoms with van der Waals surface area (Å²) in [6, 6.07) is 14.6. The van der Waals surface area contributed by atoms with Gasteiger partial charge in [-0.15, -0.1) is 0 Å². The zero-order valence-electron chi connectivity index (χ0n) is 13.2. The summed E-state index contributed by atoms with van der Waals surface area (Å²) in [6.07, 6.45) is 5.09. The van der Waals surface area contributed by atoms with Crippen LogP contribution in [0.15, 0.2) is 67.1 Å². The van der Waals surface area contributed by atoms with Gasteiger partial charge in [0.15, 0.2) is 0 Å². The third-order valence-electron chi connectivity index (χ3n) is 3.26. The van der Waals surface area contributed by atoms with E-state index in [-0.39, 0.29) is 0 Å². The topological polar surface area (TPSA) is 103 Å². The van der Waals surface area contributed by atoms with Gasteiger partial charge in [0.05, 0.1) is 0 Å². The normalized spacial score (nSPS) is 10.1. The van der Waals surface area contributed by atoms with E-state index in [4.69, 9.17) is 27.8 Å². The van der Waals surface area contributed by atoms with Gasteiger partial charge in [-0.25, -0.2) is 9.97 Å². The summed E-state index contributed by atoms with van der Waals surface area (Å²) in [5.74, 6) is 2.37. The zero-order chi connectivity index (χ0) is 17.6. The van der Waals surface area contributed by atoms with E-state index in [9.17, 15) is 0 Å². The van der Waals surface area contributed by atoms with E-state index < -0.39 is 0 Å². The molecule has 1 aromatic carbocycles. The molecule has 0 unspecified atom stereocenters. The van der Waals surface area contributed by atoms with Crippen LogP contribution in [0.25, 0.3) is 10.9 Å². The van der Waals surface area contributed by atoms with E-state index in [0.29, 0.717) is 22.4 Å². The van der Waals surface area contributed by atoms with Gasteiger partial charge in [0.2, 0.25) is 0 Å². The predicted molar refractivity (Wildman–Crippen MR) is 101 cm³/mol. The molecule has 0 amide bonds. The second-order valence-corrected chi connectivity index (χ2v) is 5.58. The first-order valence-corrected chi connectivity index (χ1v) is 7.81. The standard InChI is InChI=1S/C13H11N3O.C5H5ClN2/c14-13-8-11(4-6-16-13)17-10-1-2-12-9(7-10)3-5-15-12;6-4-1-2-8-5(7)3-4/h1-8,15H,(H2,14,16);1-3H,(H2,7,8). The lowest BCUT2D eigenvalue weighted by atomic mass is 10.2. The second kappa shape index (κ2) is 7.55. The van der Waals surface area contributed by atoms with Crippen LogP contribution in [0.1, 0.15) is 0 Å². The van der Waals surface area contributed by atoms with Crippen molar-refractivity contribution in [1.29, 1.82) is 0 Å². The summed E-state index contributed by atoms with van der Waals surface area (Å²) in [7, 11) is 0. The third-order valence-corrected chi connectivity index (χ3v) is 3.49. The van der Waals surface area contributed by atoms with Gasteiger partial charge >= 0.3 is 0 Å². The molecule has 25 heavy (non-hydrogen) atoms. The number of hydrogen-bond acceptors (Lipinski definition) is 5. The highest BCUT2D eigenvalue weighted by atomic mass is 35.5. The van der Waals surface area contributed by atoms with Crippen LogP contribution in [-0.4, -0.2) is 15.0 Å². The molecule has 0 aliphatic carbocycles. The van der Waals surface area contributed by atoms with Gasteiger partial charge in [0.1, 0.15) is 23.1 Å². The molecule has 126 valence electrons. The summed E-state index contributed by atoms with van der Waals surface area (Å²) < 4.78 is 5.70. The highest BCUT2D eigenvalue weighted by Gasteiger charge is 2.00. The Morgan fingerprint density at radius 2 is 1.56 bits per heavy atom. The van der Waals surface area contributed by atoms with E-state index >= 15 is 0 Å². The van der Waals surface area contributed by atoms with Crippen LogP contribution in [0.3, 0.4) is 0 Å². The van der Waals surface area contributed by atoms with Crippen molar-refractivity contribution >= 4 is 34.1 Å². The lowest BCUT2D eigenvalue weighted by molar-refractivity contribution is 0.483. The first-order chi connectivity index (χ1) is 12.1. The first kappa shape index (κ1) is 16.6. The molecule has 0 aliphatic rings. The second-order valence-electron chi connectivity index (χ2n) is 5.14. The number of hydrogen-bond donors (Lipinski definition) is 3. The largest absolute Gasteiger partial charge is 0.457 e. The van der Waals surface area contributed by atoms with Gasteiger partial charge in [0, 0.05) is 40.6 Å². The number of pyridine rings is 2. The van der Waals surface area contributed by atoms with E-state index in [1.165, 1.54) is 0 Å². The number of ether oxygens (including phenoxy) is 1. The number of benzene rings is 1. The Labute approximate surface area is 149 Å². The summed E-state index contributed by atoms with van der Waals surface area (Å²) in [5, 5.41) is 1.74. The van der Waals surface area contributed by atoms with Crippen molar-refractivity contribution in [3.8, 4) is 11.5 Å². The molecule has 6 nitrogen and oxygen atoms in total. The van der Waals surface area contributed by atoms with E-state index in [2.05, 4.69) is 15.0 Å². The average molecular weight is 354 g/mol. The molecule has 0 radical (unpaired) electrons. The predicted octanol–water partition coefficient (Wildman–Crippen LogP) is 4.25. The number of nitrogens with one attached hydrogen (secondary N) is 1. The number of halogens is 1. The fourth-order valence-electron chi connectivity index (χ4n) is 2.14. The van der Waals surface area contributed by atoms with Gasteiger partial charge in [-0.3, -0.25) is 0 Å². The summed E-state index contributed by atoms with van der Waals surface area (Å²) in [6.45, 7) is 0. The molecular formula is C18H16ClN5O. The van der Waals surface area contributed by atoms with E-state index in [1.54, 1.807) is 36.7 Å². The Kier molecular flexibility index (Phi) is 5.01. The van der Waals surface area contributed by atoms with E-state index in [0.717, 1.165) is 16.7 Å². The van der Waals surface area contributed by atoms with Gasteiger partial charge in [-0.2, -0.15) is 0 Å². The maximum absolute atomic E-state index is 5.70. The molecule has 7 heteroatoms. The number of aromatic nitrogens is 3. The molecule has 5 N–H and O–H groups in total. The minimum Gasteiger partial charge on any atom is -0.457 e. The average Bonchev–Trinajstić information content (AvgIpc) is 3.03. The van der Waals surface area contributed by atoms with Crippen molar-refractivity contribution in [2.75, 3.05) is 11.5 Å². The number of nitrogens with two attached hydrogens (primary N) is 2. The zero-order valence-corrected chi connectivity index (χ0v) is 13.9. The quantitative estimate of drug-likeness (QED) is 0.499. The summed E-state index contributed by atoms with van der Waals surface area (Å²) >= 11 is 5.52. The lowest BCUT2D eigenvalue weighted by Gasteiger charge is -2.05. The smallest absolute Gasteiger partial charge is 0.132 e.